The van der Waals surface area contributed by atoms with Crippen LogP contribution in [0.25, 0.3) is 0 Å². The summed E-state index contributed by atoms with van der Waals surface area (Å²) in [6, 6.07) is 10.2. The third-order valence-corrected chi connectivity index (χ3v) is 3.71. The van der Waals surface area contributed by atoms with Crippen molar-refractivity contribution in [3.63, 3.8) is 0 Å². The first-order valence-electron chi connectivity index (χ1n) is 6.66. The number of amides is 1. The highest BCUT2D eigenvalue weighted by atomic mass is 16.5. The summed E-state index contributed by atoms with van der Waals surface area (Å²) in [6.07, 6.45) is 3.97. The molecular weight excluding hydrogens is 226 g/mol. The number of hydrogen-bond donors (Lipinski definition) is 1. The summed E-state index contributed by atoms with van der Waals surface area (Å²) < 4.78 is 5.74. The second-order valence-corrected chi connectivity index (χ2v) is 5.12. The summed E-state index contributed by atoms with van der Waals surface area (Å²) in [5, 5.41) is 0. The average molecular weight is 247 g/mol. The first-order chi connectivity index (χ1) is 8.75. The van der Waals surface area contributed by atoms with Gasteiger partial charge in [0.1, 0.15) is 0 Å². The molecule has 1 aliphatic carbocycles. The molecule has 2 rings (SSSR count). The first-order valence-corrected chi connectivity index (χ1v) is 6.66. The SMILES string of the molecule is NC(=O)C1CCC(COCc2ccccc2)CC1. The highest BCUT2D eigenvalue weighted by Crippen LogP contribution is 2.28. The van der Waals surface area contributed by atoms with E-state index in [1.54, 1.807) is 0 Å². The maximum Gasteiger partial charge on any atom is 0.220 e. The van der Waals surface area contributed by atoms with Gasteiger partial charge < -0.3 is 10.5 Å². The number of carbonyl (C=O) groups is 1. The Morgan fingerprint density at radius 2 is 1.83 bits per heavy atom. The molecule has 0 spiro atoms. The fourth-order valence-corrected chi connectivity index (χ4v) is 2.53. The lowest BCUT2D eigenvalue weighted by atomic mass is 9.82. The van der Waals surface area contributed by atoms with Crippen LogP contribution in [0.2, 0.25) is 0 Å². The summed E-state index contributed by atoms with van der Waals surface area (Å²) in [6.45, 7) is 1.47. The summed E-state index contributed by atoms with van der Waals surface area (Å²) in [7, 11) is 0. The lowest BCUT2D eigenvalue weighted by molar-refractivity contribution is -0.123. The summed E-state index contributed by atoms with van der Waals surface area (Å²) in [4.78, 5) is 11.1. The highest BCUT2D eigenvalue weighted by Gasteiger charge is 2.24. The minimum Gasteiger partial charge on any atom is -0.376 e. The minimum absolute atomic E-state index is 0.0929. The number of rotatable bonds is 5. The fourth-order valence-electron chi connectivity index (χ4n) is 2.53. The molecule has 0 bridgehead atoms. The van der Waals surface area contributed by atoms with E-state index in [0.717, 1.165) is 32.3 Å². The van der Waals surface area contributed by atoms with Crippen molar-refractivity contribution in [3.05, 3.63) is 35.9 Å². The molecule has 18 heavy (non-hydrogen) atoms. The fraction of sp³-hybridized carbons (Fsp3) is 0.533. The molecule has 3 heteroatoms. The van der Waals surface area contributed by atoms with Crippen LogP contribution >= 0.6 is 0 Å². The van der Waals surface area contributed by atoms with E-state index in [1.165, 1.54) is 5.56 Å². The third kappa shape index (κ3) is 3.84. The monoisotopic (exact) mass is 247 g/mol. The van der Waals surface area contributed by atoms with Gasteiger partial charge in [-0.2, -0.15) is 0 Å². The second kappa shape index (κ2) is 6.55. The van der Waals surface area contributed by atoms with Crippen LogP contribution in [0, 0.1) is 11.8 Å². The van der Waals surface area contributed by atoms with E-state index >= 15 is 0 Å². The van der Waals surface area contributed by atoms with Crippen LogP contribution in [0.4, 0.5) is 0 Å². The molecule has 1 saturated carbocycles. The topological polar surface area (TPSA) is 52.3 Å². The molecule has 98 valence electrons. The highest BCUT2D eigenvalue weighted by molar-refractivity contribution is 5.76. The minimum atomic E-state index is -0.140. The maximum atomic E-state index is 11.1. The van der Waals surface area contributed by atoms with Crippen LogP contribution in [0.15, 0.2) is 30.3 Å². The molecule has 0 unspecified atom stereocenters. The molecule has 0 aliphatic heterocycles. The Balaban J connectivity index is 1.65. The summed E-state index contributed by atoms with van der Waals surface area (Å²) >= 11 is 0. The Morgan fingerprint density at radius 1 is 1.17 bits per heavy atom. The molecular formula is C15H21NO2. The van der Waals surface area contributed by atoms with Gasteiger partial charge in [-0.3, -0.25) is 4.79 Å². The molecule has 1 aromatic rings. The molecule has 0 aromatic heterocycles. The predicted octanol–water partition coefficient (Wildman–Crippen LogP) is 2.49. The zero-order valence-corrected chi connectivity index (χ0v) is 10.7. The van der Waals surface area contributed by atoms with Crippen molar-refractivity contribution in [2.75, 3.05) is 6.61 Å². The molecule has 2 N–H and O–H groups in total. The van der Waals surface area contributed by atoms with E-state index in [9.17, 15) is 4.79 Å². The van der Waals surface area contributed by atoms with Crippen LogP contribution in [0.5, 0.6) is 0 Å². The van der Waals surface area contributed by atoms with Crippen LogP contribution in [-0.2, 0) is 16.1 Å². The number of carbonyl (C=O) groups excluding carboxylic acids is 1. The molecule has 0 atom stereocenters. The Kier molecular flexibility index (Phi) is 4.76. The van der Waals surface area contributed by atoms with Crippen LogP contribution in [-0.4, -0.2) is 12.5 Å². The van der Waals surface area contributed by atoms with Gasteiger partial charge in [0.15, 0.2) is 0 Å². The van der Waals surface area contributed by atoms with Crippen molar-refractivity contribution >= 4 is 5.91 Å². The molecule has 1 fully saturated rings. The maximum absolute atomic E-state index is 11.1. The van der Waals surface area contributed by atoms with Crippen molar-refractivity contribution in [2.45, 2.75) is 32.3 Å². The molecule has 1 aliphatic rings. The van der Waals surface area contributed by atoms with Crippen molar-refractivity contribution in [1.29, 1.82) is 0 Å². The van der Waals surface area contributed by atoms with Gasteiger partial charge in [0.05, 0.1) is 6.61 Å². The molecule has 0 radical (unpaired) electrons. The Morgan fingerprint density at radius 3 is 2.44 bits per heavy atom. The largest absolute Gasteiger partial charge is 0.376 e. The number of ether oxygens (including phenoxy) is 1. The Bertz CT molecular complexity index is 369. The van der Waals surface area contributed by atoms with Gasteiger partial charge in [0, 0.05) is 12.5 Å². The van der Waals surface area contributed by atoms with Crippen LogP contribution in [0.3, 0.4) is 0 Å². The molecule has 1 amide bonds. The van der Waals surface area contributed by atoms with E-state index in [2.05, 4.69) is 12.1 Å². The van der Waals surface area contributed by atoms with Crippen LogP contribution < -0.4 is 5.73 Å². The van der Waals surface area contributed by atoms with E-state index in [-0.39, 0.29) is 11.8 Å². The van der Waals surface area contributed by atoms with Crippen LogP contribution in [0.1, 0.15) is 31.2 Å². The number of nitrogens with two attached hydrogens (primary N) is 1. The molecule has 0 heterocycles. The van der Waals surface area contributed by atoms with Gasteiger partial charge in [-0.1, -0.05) is 30.3 Å². The first kappa shape index (κ1) is 13.1. The predicted molar refractivity (Wildman–Crippen MR) is 70.7 cm³/mol. The zero-order valence-electron chi connectivity index (χ0n) is 10.7. The lowest BCUT2D eigenvalue weighted by Gasteiger charge is -2.26. The third-order valence-electron chi connectivity index (χ3n) is 3.71. The van der Waals surface area contributed by atoms with E-state index < -0.39 is 0 Å². The molecule has 3 nitrogen and oxygen atoms in total. The van der Waals surface area contributed by atoms with Gasteiger partial charge in [-0.15, -0.1) is 0 Å². The zero-order chi connectivity index (χ0) is 12.8. The molecule has 1 aromatic carbocycles. The number of hydrogen-bond acceptors (Lipinski definition) is 2. The van der Waals surface area contributed by atoms with Crippen molar-refractivity contribution in [1.82, 2.24) is 0 Å². The smallest absolute Gasteiger partial charge is 0.220 e. The number of benzene rings is 1. The average Bonchev–Trinajstić information content (AvgIpc) is 2.40. The van der Waals surface area contributed by atoms with Crippen molar-refractivity contribution in [3.8, 4) is 0 Å². The standard InChI is InChI=1S/C15H21NO2/c16-15(17)14-8-6-13(7-9-14)11-18-10-12-4-2-1-3-5-12/h1-5,13-14H,6-11H2,(H2,16,17). The van der Waals surface area contributed by atoms with Gasteiger partial charge >= 0.3 is 0 Å². The van der Waals surface area contributed by atoms with E-state index in [1.807, 2.05) is 18.2 Å². The van der Waals surface area contributed by atoms with Gasteiger partial charge in [-0.05, 0) is 37.2 Å². The Hall–Kier alpha value is -1.35. The van der Waals surface area contributed by atoms with Gasteiger partial charge in [-0.25, -0.2) is 0 Å². The van der Waals surface area contributed by atoms with E-state index in [4.69, 9.17) is 10.5 Å². The lowest BCUT2D eigenvalue weighted by Crippen LogP contribution is -2.28. The number of primary amides is 1. The quantitative estimate of drug-likeness (QED) is 0.869. The normalized spacial score (nSPS) is 23.8. The molecule has 0 saturated heterocycles. The summed E-state index contributed by atoms with van der Waals surface area (Å²) in [5.74, 6) is 0.540. The summed E-state index contributed by atoms with van der Waals surface area (Å²) in [5.41, 5.74) is 6.53. The van der Waals surface area contributed by atoms with Gasteiger partial charge in [0.25, 0.3) is 0 Å². The van der Waals surface area contributed by atoms with Crippen molar-refractivity contribution in [2.24, 2.45) is 17.6 Å². The van der Waals surface area contributed by atoms with Crippen molar-refractivity contribution < 1.29 is 9.53 Å². The Labute approximate surface area is 108 Å². The van der Waals surface area contributed by atoms with E-state index in [0.29, 0.717) is 12.5 Å². The second-order valence-electron chi connectivity index (χ2n) is 5.12. The van der Waals surface area contributed by atoms with Gasteiger partial charge in [0.2, 0.25) is 5.91 Å².